The highest BCUT2D eigenvalue weighted by Crippen LogP contribution is 2.66. The van der Waals surface area contributed by atoms with E-state index in [2.05, 4.69) is 15.3 Å². The normalized spacial score (nSPS) is 33.7. The van der Waals surface area contributed by atoms with Crippen LogP contribution in [0, 0.1) is 0 Å². The van der Waals surface area contributed by atoms with E-state index in [1.807, 2.05) is 6.92 Å². The van der Waals surface area contributed by atoms with Gasteiger partial charge in [-0.05, 0) is 6.07 Å². The lowest BCUT2D eigenvalue weighted by Crippen LogP contribution is -2.28. The summed E-state index contributed by atoms with van der Waals surface area (Å²) in [7, 11) is -0.309. The predicted molar refractivity (Wildman–Crippen MR) is 56.7 cm³/mol. The molecule has 82 valence electrons. The molecule has 2 rings (SSSR count). The summed E-state index contributed by atoms with van der Waals surface area (Å²) in [6.45, 7) is 1.84. The highest BCUT2D eigenvalue weighted by molar-refractivity contribution is 7.56. The number of hydrogen-bond donors (Lipinski definition) is 2. The van der Waals surface area contributed by atoms with Gasteiger partial charge >= 0.3 is 5.69 Å². The van der Waals surface area contributed by atoms with Crippen LogP contribution >= 0.6 is 7.80 Å². The van der Waals surface area contributed by atoms with Crippen molar-refractivity contribution in [3.63, 3.8) is 0 Å². The maximum absolute atomic E-state index is 11.5. The molecular weight excluding hydrogens is 217 g/mol. The van der Waals surface area contributed by atoms with E-state index in [1.54, 1.807) is 6.07 Å². The summed E-state index contributed by atoms with van der Waals surface area (Å²) < 4.78 is 16.7. The molecule has 1 fully saturated rings. The number of anilines is 1. The van der Waals surface area contributed by atoms with Gasteiger partial charge in [0.2, 0.25) is 0 Å². The first kappa shape index (κ1) is 10.4. The summed E-state index contributed by atoms with van der Waals surface area (Å²) in [4.78, 5) is 17.0. The summed E-state index contributed by atoms with van der Waals surface area (Å²) in [6.07, 6.45) is 1.48. The van der Waals surface area contributed by atoms with Crippen molar-refractivity contribution in [2.24, 2.45) is 0 Å². The van der Waals surface area contributed by atoms with Crippen LogP contribution < -0.4 is 11.0 Å². The van der Waals surface area contributed by atoms with E-state index in [-0.39, 0.29) is 5.66 Å². The second-order valence-electron chi connectivity index (χ2n) is 3.43. The van der Waals surface area contributed by atoms with E-state index in [0.717, 1.165) is 0 Å². The van der Waals surface area contributed by atoms with Gasteiger partial charge in [-0.25, -0.2) is 4.79 Å². The maximum Gasteiger partial charge on any atom is 0.346 e. The fourth-order valence-corrected chi connectivity index (χ4v) is 3.21. The van der Waals surface area contributed by atoms with Gasteiger partial charge in [0.15, 0.2) is 5.47 Å². The summed E-state index contributed by atoms with van der Waals surface area (Å²) in [5.74, 6) is 0.378. The van der Waals surface area contributed by atoms with E-state index >= 15 is 0 Å². The smallest absolute Gasteiger partial charge is 0.346 e. The summed E-state index contributed by atoms with van der Waals surface area (Å²) >= 11 is 0. The van der Waals surface area contributed by atoms with Crippen molar-refractivity contribution in [1.29, 1.82) is 0 Å². The van der Waals surface area contributed by atoms with E-state index in [1.165, 1.54) is 13.3 Å². The van der Waals surface area contributed by atoms with E-state index in [9.17, 15) is 9.36 Å². The lowest BCUT2D eigenvalue weighted by atomic mass is 10.4. The largest absolute Gasteiger partial charge is 0.352 e. The number of aromatic amines is 1. The molecule has 0 bridgehead atoms. The van der Waals surface area contributed by atoms with Crippen molar-refractivity contribution in [3.8, 4) is 0 Å². The number of H-pyrrole nitrogens is 1. The van der Waals surface area contributed by atoms with Gasteiger partial charge in [0, 0.05) is 13.3 Å². The van der Waals surface area contributed by atoms with Crippen LogP contribution in [0.1, 0.15) is 6.92 Å². The Morgan fingerprint density at radius 2 is 2.40 bits per heavy atom. The van der Waals surface area contributed by atoms with Crippen LogP contribution in [0.2, 0.25) is 0 Å². The maximum atomic E-state index is 11.5. The van der Waals surface area contributed by atoms with Gasteiger partial charge in [0.1, 0.15) is 13.6 Å². The third-order valence-electron chi connectivity index (χ3n) is 2.59. The van der Waals surface area contributed by atoms with Gasteiger partial charge in [-0.15, -0.1) is 0 Å². The summed E-state index contributed by atoms with van der Waals surface area (Å²) in [5.41, 5.74) is -1.29. The van der Waals surface area contributed by atoms with Crippen molar-refractivity contribution in [1.82, 2.24) is 9.97 Å². The Morgan fingerprint density at radius 1 is 1.73 bits per heavy atom. The first-order valence-corrected chi connectivity index (χ1v) is 6.02. The number of nitrogens with zero attached hydrogens (tertiary/aromatic N) is 1. The highest BCUT2D eigenvalue weighted by Gasteiger charge is 2.62. The highest BCUT2D eigenvalue weighted by atomic mass is 31.1. The summed E-state index contributed by atoms with van der Waals surface area (Å²) in [6, 6.07) is 1.60. The molecule has 0 saturated carbocycles. The molecule has 1 saturated heterocycles. The average molecular weight is 229 g/mol. The van der Waals surface area contributed by atoms with Crippen LogP contribution in [0.5, 0.6) is 0 Å². The fraction of sp³-hybridized carbons (Fsp3) is 0.500. The minimum atomic E-state index is -1.80. The van der Waals surface area contributed by atoms with Crippen LogP contribution in [0.25, 0.3) is 0 Å². The van der Waals surface area contributed by atoms with Gasteiger partial charge in [-0.2, -0.15) is 4.98 Å². The minimum Gasteiger partial charge on any atom is -0.352 e. The molecule has 7 heteroatoms. The van der Waals surface area contributed by atoms with Crippen molar-refractivity contribution in [2.75, 3.05) is 12.4 Å². The Hall–Kier alpha value is -1.13. The van der Waals surface area contributed by atoms with Crippen molar-refractivity contribution < 1.29 is 9.30 Å². The first-order valence-electron chi connectivity index (χ1n) is 4.53. The van der Waals surface area contributed by atoms with E-state index in [0.29, 0.717) is 5.82 Å². The van der Waals surface area contributed by atoms with Crippen molar-refractivity contribution in [3.05, 3.63) is 22.7 Å². The van der Waals surface area contributed by atoms with Crippen molar-refractivity contribution >= 4 is 13.6 Å². The zero-order valence-corrected chi connectivity index (χ0v) is 9.40. The van der Waals surface area contributed by atoms with Crippen LogP contribution in [-0.2, 0) is 9.30 Å². The second kappa shape index (κ2) is 3.47. The Bertz CT molecular complexity index is 460. The molecule has 0 radical (unpaired) electrons. The predicted octanol–water partition coefficient (Wildman–Crippen LogP) is 0.444. The zero-order valence-electron chi connectivity index (χ0n) is 8.40. The molecule has 1 aliphatic heterocycles. The lowest BCUT2D eigenvalue weighted by Gasteiger charge is -2.14. The van der Waals surface area contributed by atoms with E-state index < -0.39 is 19.0 Å². The molecule has 1 aliphatic rings. The molecule has 6 nitrogen and oxygen atoms in total. The van der Waals surface area contributed by atoms with Crippen LogP contribution in [0.4, 0.5) is 5.82 Å². The van der Waals surface area contributed by atoms with E-state index in [4.69, 9.17) is 4.74 Å². The van der Waals surface area contributed by atoms with Crippen LogP contribution in [0.15, 0.2) is 17.1 Å². The molecule has 2 N–H and O–H groups in total. The van der Waals surface area contributed by atoms with Gasteiger partial charge in [-0.3, -0.25) is 0 Å². The number of ether oxygens (including phenoxy) is 1. The third-order valence-corrected chi connectivity index (χ3v) is 4.97. The van der Waals surface area contributed by atoms with Gasteiger partial charge in [0.05, 0.1) is 5.66 Å². The number of methoxy groups -OCH3 is 1. The molecule has 0 amide bonds. The quantitative estimate of drug-likeness (QED) is 0.580. The molecular formula is C8H12N3O3P. The molecule has 3 atom stereocenters. The monoisotopic (exact) mass is 229 g/mol. The standard InChI is InChI=1S/C8H12N3O3P/c1-5-8(14-2,15(5)13)11-6-3-4-9-7(12)10-6/h3-5,15H,1-2H3,(H2,9,10,11,12). The Morgan fingerprint density at radius 3 is 2.87 bits per heavy atom. The number of nitrogens with one attached hydrogen (secondary N) is 2. The Balaban J connectivity index is 2.23. The molecule has 1 aromatic rings. The van der Waals surface area contributed by atoms with Crippen LogP contribution in [-0.4, -0.2) is 28.2 Å². The molecule has 15 heavy (non-hydrogen) atoms. The fourth-order valence-electron chi connectivity index (χ4n) is 1.55. The van der Waals surface area contributed by atoms with Gasteiger partial charge < -0.3 is 19.6 Å². The lowest BCUT2D eigenvalue weighted by molar-refractivity contribution is 0.122. The third kappa shape index (κ3) is 1.60. The summed E-state index contributed by atoms with van der Waals surface area (Å²) in [5, 5.41) is 2.90. The second-order valence-corrected chi connectivity index (χ2v) is 5.77. The Kier molecular flexibility index (Phi) is 2.40. The SMILES string of the molecule is COC1(Nc2cc[nH]c(=O)n2)C(C)[PH]1=O. The average Bonchev–Trinajstić information content (AvgIpc) is 2.72. The molecule has 1 aromatic heterocycles. The van der Waals surface area contributed by atoms with Crippen LogP contribution in [0.3, 0.4) is 0 Å². The first-order chi connectivity index (χ1) is 7.10. The topological polar surface area (TPSA) is 84.1 Å². The van der Waals surface area contributed by atoms with Gasteiger partial charge in [-0.1, -0.05) is 6.92 Å². The van der Waals surface area contributed by atoms with Crippen molar-refractivity contribution in [2.45, 2.75) is 18.0 Å². The molecule has 0 spiro atoms. The number of aromatic nitrogens is 2. The molecule has 0 aromatic carbocycles. The molecule has 2 heterocycles. The molecule has 3 unspecified atom stereocenters. The Labute approximate surface area is 86.9 Å². The molecule has 0 aliphatic carbocycles. The minimum absolute atomic E-state index is 0.0337. The number of hydrogen-bond acceptors (Lipinski definition) is 5. The number of rotatable bonds is 3. The van der Waals surface area contributed by atoms with Gasteiger partial charge in [0.25, 0.3) is 0 Å². The zero-order chi connectivity index (χ0) is 11.1.